The minimum Gasteiger partial charge on any atom is -0.491 e. The Bertz CT molecular complexity index is 915. The number of benzene rings is 2. The van der Waals surface area contributed by atoms with Gasteiger partial charge in [-0.3, -0.25) is 0 Å². The Hall–Kier alpha value is -2.49. The fourth-order valence-corrected chi connectivity index (χ4v) is 3.45. The van der Waals surface area contributed by atoms with Crippen molar-refractivity contribution in [3.05, 3.63) is 71.1 Å². The molecule has 0 radical (unpaired) electrons. The molecule has 9 heteroatoms. The van der Waals surface area contributed by atoms with E-state index in [1.54, 1.807) is 6.92 Å². The zero-order valence-corrected chi connectivity index (χ0v) is 20.7. The Labute approximate surface area is 206 Å². The highest BCUT2D eigenvalue weighted by molar-refractivity contribution is 6.18. The smallest absolute Gasteiger partial charge is 0.119 e. The first-order valence-corrected chi connectivity index (χ1v) is 11.6. The van der Waals surface area contributed by atoms with E-state index in [0.717, 1.165) is 11.1 Å². The Morgan fingerprint density at radius 1 is 0.941 bits per heavy atom. The van der Waals surface area contributed by atoms with Gasteiger partial charge < -0.3 is 35.5 Å². The molecule has 0 bridgehead atoms. The number of ether oxygens (including phenoxy) is 2. The summed E-state index contributed by atoms with van der Waals surface area (Å²) >= 11 is 5.59. The normalized spacial score (nSPS) is 14.2. The molecule has 0 heterocycles. The molecule has 8 nitrogen and oxygen atoms in total. The van der Waals surface area contributed by atoms with Gasteiger partial charge in [-0.05, 0) is 42.3 Å². The number of halogens is 1. The maximum absolute atomic E-state index is 10.2. The molecule has 34 heavy (non-hydrogen) atoms. The van der Waals surface area contributed by atoms with Crippen LogP contribution in [0.2, 0.25) is 0 Å². The van der Waals surface area contributed by atoms with E-state index in [1.165, 1.54) is 5.01 Å². The van der Waals surface area contributed by atoms with Crippen LogP contribution in [0.4, 0.5) is 0 Å². The molecule has 2 aromatic carbocycles. The zero-order valence-electron chi connectivity index (χ0n) is 19.9. The third kappa shape index (κ3) is 7.78. The van der Waals surface area contributed by atoms with E-state index in [2.05, 4.69) is 13.8 Å². The molecule has 0 amide bonds. The lowest BCUT2D eigenvalue weighted by atomic mass is 9.78. The lowest BCUT2D eigenvalue weighted by Crippen LogP contribution is -2.41. The maximum Gasteiger partial charge on any atom is 0.119 e. The van der Waals surface area contributed by atoms with E-state index in [0.29, 0.717) is 22.9 Å². The molecule has 2 atom stereocenters. The first-order chi connectivity index (χ1) is 16.1. The molecule has 0 unspecified atom stereocenters. The van der Waals surface area contributed by atoms with Gasteiger partial charge in [0.2, 0.25) is 0 Å². The number of alkyl halides is 1. The topological polar surface area (TPSA) is 134 Å². The molecule has 0 aliphatic heterocycles. The average molecular weight is 494 g/mol. The largest absolute Gasteiger partial charge is 0.491 e. The number of rotatable bonds is 13. The van der Waals surface area contributed by atoms with Gasteiger partial charge in [-0.2, -0.15) is 0 Å². The number of hydrazine groups is 1. The second-order valence-corrected chi connectivity index (χ2v) is 9.01. The fourth-order valence-electron chi connectivity index (χ4n) is 3.36. The van der Waals surface area contributed by atoms with Crippen LogP contribution in [0.25, 0.3) is 0 Å². The average Bonchev–Trinajstić information content (AvgIpc) is 2.81. The summed E-state index contributed by atoms with van der Waals surface area (Å²) < 4.78 is 11.2. The summed E-state index contributed by atoms with van der Waals surface area (Å²) in [7, 11) is 0. The number of hydrogen-bond acceptors (Lipinski definition) is 8. The van der Waals surface area contributed by atoms with Gasteiger partial charge in [0.05, 0.1) is 24.7 Å². The first-order valence-electron chi connectivity index (χ1n) is 11.1. The molecule has 0 saturated heterocycles. The number of nitrogens with zero attached hydrogens (tertiary/aromatic N) is 1. The summed E-state index contributed by atoms with van der Waals surface area (Å²) in [5, 5.41) is 30.3. The molecule has 0 saturated carbocycles. The van der Waals surface area contributed by atoms with Gasteiger partial charge in [-0.15, -0.1) is 11.6 Å². The van der Waals surface area contributed by atoms with Gasteiger partial charge in [0.15, 0.2) is 0 Å². The lowest BCUT2D eigenvalue weighted by molar-refractivity contribution is 0.0741. The molecule has 0 aliphatic carbocycles. The Morgan fingerprint density at radius 2 is 1.38 bits per heavy atom. The Balaban J connectivity index is 1.95. The molecular formula is C25H36ClN3O5. The number of aliphatic hydroxyl groups excluding tert-OH is 3. The predicted octanol–water partition coefficient (Wildman–Crippen LogP) is 2.09. The van der Waals surface area contributed by atoms with E-state index in [-0.39, 0.29) is 37.7 Å². The van der Waals surface area contributed by atoms with Crippen molar-refractivity contribution in [1.29, 1.82) is 0 Å². The van der Waals surface area contributed by atoms with Crippen molar-refractivity contribution in [2.24, 2.45) is 11.6 Å². The number of aliphatic hydroxyl groups is 3. The zero-order chi connectivity index (χ0) is 25.3. The lowest BCUT2D eigenvalue weighted by Gasteiger charge is -2.27. The molecule has 2 rings (SSSR count). The van der Waals surface area contributed by atoms with Crippen LogP contribution < -0.4 is 21.1 Å². The summed E-state index contributed by atoms with van der Waals surface area (Å²) in [6.07, 6.45) is -1.56. The van der Waals surface area contributed by atoms with Gasteiger partial charge in [-0.25, -0.2) is 5.84 Å². The van der Waals surface area contributed by atoms with Crippen molar-refractivity contribution in [2.45, 2.75) is 38.4 Å². The van der Waals surface area contributed by atoms with E-state index in [9.17, 15) is 15.3 Å². The Morgan fingerprint density at radius 3 is 1.76 bits per heavy atom. The standard InChI is InChI=1S/C25H36ClN3O5/c1-17(27)24(14-30)29(28)13-21(32)16-34-23-10-6-19(7-11-23)25(2,3)18-4-8-22(9-5-18)33-15-20(31)12-26/h4-11,20-21,30-32H,12-16,27-28H2,1-3H3/b24-17-/t20-,21+/m1/s1. The molecule has 0 spiro atoms. The monoisotopic (exact) mass is 493 g/mol. The Kier molecular flexibility index (Phi) is 10.5. The van der Waals surface area contributed by atoms with Crippen LogP contribution in [-0.2, 0) is 5.41 Å². The number of allylic oxidation sites excluding steroid dienone is 1. The van der Waals surface area contributed by atoms with Gasteiger partial charge in [0, 0.05) is 11.1 Å². The van der Waals surface area contributed by atoms with E-state index < -0.39 is 12.2 Å². The molecule has 0 fully saturated rings. The predicted molar refractivity (Wildman–Crippen MR) is 134 cm³/mol. The number of nitrogens with two attached hydrogens (primary N) is 2. The highest BCUT2D eigenvalue weighted by Gasteiger charge is 2.23. The fraction of sp³-hybridized carbons (Fsp3) is 0.440. The third-order valence-corrected chi connectivity index (χ3v) is 5.93. The maximum atomic E-state index is 10.2. The summed E-state index contributed by atoms with van der Waals surface area (Å²) in [6.45, 7) is 5.84. The van der Waals surface area contributed by atoms with Gasteiger partial charge >= 0.3 is 0 Å². The quantitative estimate of drug-likeness (QED) is 0.163. The van der Waals surface area contributed by atoms with Crippen molar-refractivity contribution in [3.8, 4) is 11.5 Å². The van der Waals surface area contributed by atoms with Crippen molar-refractivity contribution in [1.82, 2.24) is 5.01 Å². The number of hydrogen-bond donors (Lipinski definition) is 5. The van der Waals surface area contributed by atoms with Crippen LogP contribution >= 0.6 is 11.6 Å². The molecule has 0 aliphatic rings. The molecule has 7 N–H and O–H groups in total. The third-order valence-electron chi connectivity index (χ3n) is 5.57. The second kappa shape index (κ2) is 12.8. The minimum atomic E-state index is -0.867. The van der Waals surface area contributed by atoms with Crippen LogP contribution in [0.3, 0.4) is 0 Å². The van der Waals surface area contributed by atoms with E-state index in [4.69, 9.17) is 32.7 Å². The highest BCUT2D eigenvalue weighted by Crippen LogP contribution is 2.33. The van der Waals surface area contributed by atoms with Crippen molar-refractivity contribution >= 4 is 11.6 Å². The SMILES string of the molecule is C/C(N)=C(\CO)N(N)C[C@H](O)COc1ccc(C(C)(C)c2ccc(OC[C@H](O)CCl)cc2)cc1. The summed E-state index contributed by atoms with van der Waals surface area (Å²) in [6, 6.07) is 15.4. The van der Waals surface area contributed by atoms with Crippen LogP contribution in [-0.4, -0.2) is 64.8 Å². The van der Waals surface area contributed by atoms with Gasteiger partial charge in [-0.1, -0.05) is 38.1 Å². The summed E-state index contributed by atoms with van der Waals surface area (Å²) in [4.78, 5) is 0. The summed E-state index contributed by atoms with van der Waals surface area (Å²) in [5.74, 6) is 7.29. The van der Waals surface area contributed by atoms with E-state index in [1.807, 2.05) is 48.5 Å². The highest BCUT2D eigenvalue weighted by atomic mass is 35.5. The van der Waals surface area contributed by atoms with E-state index >= 15 is 0 Å². The molecule has 188 valence electrons. The van der Waals surface area contributed by atoms with Gasteiger partial charge in [0.25, 0.3) is 0 Å². The van der Waals surface area contributed by atoms with Crippen LogP contribution in [0, 0.1) is 0 Å². The first kappa shape index (κ1) is 27.8. The summed E-state index contributed by atoms with van der Waals surface area (Å²) in [5.41, 5.74) is 8.37. The van der Waals surface area contributed by atoms with Crippen molar-refractivity contribution in [2.75, 3.05) is 32.2 Å². The van der Waals surface area contributed by atoms with Crippen molar-refractivity contribution in [3.63, 3.8) is 0 Å². The minimum absolute atomic E-state index is 0.0403. The van der Waals surface area contributed by atoms with Crippen LogP contribution in [0.15, 0.2) is 59.9 Å². The van der Waals surface area contributed by atoms with Crippen molar-refractivity contribution < 1.29 is 24.8 Å². The van der Waals surface area contributed by atoms with Crippen LogP contribution in [0.5, 0.6) is 11.5 Å². The molecule has 0 aromatic heterocycles. The van der Waals surface area contributed by atoms with Crippen LogP contribution in [0.1, 0.15) is 31.9 Å². The second-order valence-electron chi connectivity index (χ2n) is 8.70. The molecule has 2 aromatic rings. The van der Waals surface area contributed by atoms with Gasteiger partial charge in [0.1, 0.15) is 36.9 Å². The molecular weight excluding hydrogens is 458 g/mol.